The van der Waals surface area contributed by atoms with E-state index in [9.17, 15) is 18.0 Å². The third-order valence-electron chi connectivity index (χ3n) is 5.27. The monoisotopic (exact) mass is 485 g/mol. The molecule has 4 rings (SSSR count). The SMILES string of the molecule is COC(=O)c1c(C)[nH]c(C(=O)Nc2ccc(NS(=O)(=O)c3ccc4c(c3)OCCO4)cc2)c1C. The van der Waals surface area contributed by atoms with Crippen LogP contribution in [0, 0.1) is 13.8 Å². The molecule has 3 aromatic rings. The molecule has 2 aromatic carbocycles. The highest BCUT2D eigenvalue weighted by atomic mass is 32.2. The molecule has 0 unspecified atom stereocenters. The Labute approximate surface area is 196 Å². The number of aromatic nitrogens is 1. The molecule has 34 heavy (non-hydrogen) atoms. The summed E-state index contributed by atoms with van der Waals surface area (Å²) in [5, 5.41) is 2.72. The molecule has 10 nitrogen and oxygen atoms in total. The minimum absolute atomic E-state index is 0.0353. The zero-order valence-electron chi connectivity index (χ0n) is 18.7. The Hall–Kier alpha value is -3.99. The van der Waals surface area contributed by atoms with Crippen LogP contribution in [-0.2, 0) is 14.8 Å². The number of amides is 1. The van der Waals surface area contributed by atoms with Gasteiger partial charge in [-0.05, 0) is 55.8 Å². The molecule has 11 heteroatoms. The summed E-state index contributed by atoms with van der Waals surface area (Å²) in [7, 11) is -2.59. The zero-order valence-corrected chi connectivity index (χ0v) is 19.5. The molecule has 1 amide bonds. The molecule has 1 aliphatic rings. The Morgan fingerprint density at radius 3 is 2.29 bits per heavy atom. The standard InChI is InChI=1S/C23H23N3O7S/c1-13-20(23(28)31-3)14(2)24-21(13)22(27)25-15-4-6-16(7-5-15)26-34(29,30)17-8-9-18-19(12-17)33-11-10-32-18/h4-9,12,24,26H,10-11H2,1-3H3,(H,25,27). The van der Waals surface area contributed by atoms with E-state index in [4.69, 9.17) is 14.2 Å². The molecular formula is C23H23N3O7S. The van der Waals surface area contributed by atoms with Crippen molar-refractivity contribution in [2.45, 2.75) is 18.7 Å². The first-order valence-electron chi connectivity index (χ1n) is 10.3. The quantitative estimate of drug-likeness (QED) is 0.456. The van der Waals surface area contributed by atoms with Gasteiger partial charge in [-0.1, -0.05) is 0 Å². The summed E-state index contributed by atoms with van der Waals surface area (Å²) >= 11 is 0. The van der Waals surface area contributed by atoms with Gasteiger partial charge in [0.1, 0.15) is 18.9 Å². The molecule has 0 saturated heterocycles. The van der Waals surface area contributed by atoms with Crippen LogP contribution in [0.3, 0.4) is 0 Å². The number of aromatic amines is 1. The van der Waals surface area contributed by atoms with Crippen LogP contribution in [0.1, 0.15) is 32.1 Å². The van der Waals surface area contributed by atoms with Crippen molar-refractivity contribution >= 4 is 33.3 Å². The maximum absolute atomic E-state index is 12.8. The van der Waals surface area contributed by atoms with Crippen LogP contribution in [0.2, 0.25) is 0 Å². The second kappa shape index (κ2) is 9.10. The van der Waals surface area contributed by atoms with Gasteiger partial charge in [0.2, 0.25) is 0 Å². The summed E-state index contributed by atoms with van der Waals surface area (Å²) < 4.78 is 43.7. The number of fused-ring (bicyclic) bond motifs is 1. The highest BCUT2D eigenvalue weighted by Gasteiger charge is 2.23. The summed E-state index contributed by atoms with van der Waals surface area (Å²) in [6, 6.07) is 10.6. The maximum atomic E-state index is 12.8. The first kappa shape index (κ1) is 23.2. The van der Waals surface area contributed by atoms with E-state index < -0.39 is 21.9 Å². The number of hydrogen-bond donors (Lipinski definition) is 3. The van der Waals surface area contributed by atoms with E-state index in [1.807, 2.05) is 0 Å². The smallest absolute Gasteiger partial charge is 0.339 e. The van der Waals surface area contributed by atoms with Crippen LogP contribution in [0.4, 0.5) is 11.4 Å². The number of nitrogens with one attached hydrogen (secondary N) is 3. The van der Waals surface area contributed by atoms with Crippen LogP contribution < -0.4 is 19.5 Å². The molecule has 0 aliphatic carbocycles. The van der Waals surface area contributed by atoms with Gasteiger partial charge in [-0.15, -0.1) is 0 Å². The number of carbonyl (C=O) groups is 2. The number of sulfonamides is 1. The van der Waals surface area contributed by atoms with Gasteiger partial charge in [0, 0.05) is 23.1 Å². The van der Waals surface area contributed by atoms with Gasteiger partial charge in [0.25, 0.3) is 15.9 Å². The van der Waals surface area contributed by atoms with Crippen LogP contribution >= 0.6 is 0 Å². The number of rotatable bonds is 6. The molecule has 178 valence electrons. The van der Waals surface area contributed by atoms with E-state index in [-0.39, 0.29) is 10.6 Å². The summed E-state index contributed by atoms with van der Waals surface area (Å²) in [4.78, 5) is 27.6. The molecular weight excluding hydrogens is 462 g/mol. The number of methoxy groups -OCH3 is 1. The van der Waals surface area contributed by atoms with Gasteiger partial charge in [-0.25, -0.2) is 13.2 Å². The second-order valence-corrected chi connectivity index (χ2v) is 9.24. The number of H-pyrrole nitrogens is 1. The summed E-state index contributed by atoms with van der Waals surface area (Å²) in [6.45, 7) is 4.09. The van der Waals surface area contributed by atoms with Gasteiger partial charge in [-0.3, -0.25) is 9.52 Å². The van der Waals surface area contributed by atoms with E-state index >= 15 is 0 Å². The van der Waals surface area contributed by atoms with Gasteiger partial charge in [-0.2, -0.15) is 0 Å². The third kappa shape index (κ3) is 4.55. The number of hydrogen-bond acceptors (Lipinski definition) is 7. The second-order valence-electron chi connectivity index (χ2n) is 7.56. The van der Waals surface area contributed by atoms with Gasteiger partial charge in [0.05, 0.1) is 17.6 Å². The highest BCUT2D eigenvalue weighted by molar-refractivity contribution is 7.92. The Morgan fingerprint density at radius 2 is 1.62 bits per heavy atom. The van der Waals surface area contributed by atoms with E-state index in [0.717, 1.165) is 0 Å². The maximum Gasteiger partial charge on any atom is 0.339 e. The highest BCUT2D eigenvalue weighted by Crippen LogP contribution is 2.33. The molecule has 0 saturated carbocycles. The fourth-order valence-corrected chi connectivity index (χ4v) is 4.68. The van der Waals surface area contributed by atoms with Gasteiger partial charge in [0.15, 0.2) is 11.5 Å². The predicted molar refractivity (Wildman–Crippen MR) is 124 cm³/mol. The lowest BCUT2D eigenvalue weighted by atomic mass is 10.1. The van der Waals surface area contributed by atoms with E-state index in [2.05, 4.69) is 15.0 Å². The van der Waals surface area contributed by atoms with Crippen molar-refractivity contribution in [2.75, 3.05) is 30.4 Å². The molecule has 2 heterocycles. The van der Waals surface area contributed by atoms with Crippen molar-refractivity contribution in [3.8, 4) is 11.5 Å². The molecule has 0 atom stereocenters. The third-order valence-corrected chi connectivity index (χ3v) is 6.65. The minimum atomic E-state index is -3.87. The molecule has 0 bridgehead atoms. The van der Waals surface area contributed by atoms with E-state index in [0.29, 0.717) is 52.9 Å². The number of carbonyl (C=O) groups excluding carboxylic acids is 2. The predicted octanol–water partition coefficient (Wildman–Crippen LogP) is 3.24. The Bertz CT molecular complexity index is 1360. The Kier molecular flexibility index (Phi) is 6.20. The van der Waals surface area contributed by atoms with Crippen molar-refractivity contribution in [2.24, 2.45) is 0 Å². The van der Waals surface area contributed by atoms with Crippen LogP contribution in [0.25, 0.3) is 0 Å². The average molecular weight is 486 g/mol. The number of anilines is 2. The van der Waals surface area contributed by atoms with Crippen molar-refractivity contribution in [1.29, 1.82) is 0 Å². The van der Waals surface area contributed by atoms with Gasteiger partial charge >= 0.3 is 5.97 Å². The molecule has 1 aliphatic heterocycles. The first-order valence-corrected chi connectivity index (χ1v) is 11.8. The summed E-state index contributed by atoms with van der Waals surface area (Å²) in [5.74, 6) is -0.103. The summed E-state index contributed by atoms with van der Waals surface area (Å²) in [5.41, 5.74) is 2.31. The minimum Gasteiger partial charge on any atom is -0.486 e. The number of ether oxygens (including phenoxy) is 3. The lowest BCUT2D eigenvalue weighted by Crippen LogP contribution is -2.17. The lowest BCUT2D eigenvalue weighted by molar-refractivity contribution is 0.0599. The van der Waals surface area contributed by atoms with Crippen LogP contribution in [0.5, 0.6) is 11.5 Å². The normalized spacial score (nSPS) is 12.7. The van der Waals surface area contributed by atoms with Crippen LogP contribution in [-0.4, -0.2) is 45.6 Å². The topological polar surface area (TPSA) is 136 Å². The molecule has 3 N–H and O–H groups in total. The number of aryl methyl sites for hydroxylation is 1. The first-order chi connectivity index (χ1) is 16.2. The largest absolute Gasteiger partial charge is 0.486 e. The van der Waals surface area contributed by atoms with E-state index in [1.54, 1.807) is 32.0 Å². The average Bonchev–Trinajstić information content (AvgIpc) is 3.13. The molecule has 0 fully saturated rings. The molecule has 0 radical (unpaired) electrons. The number of esters is 1. The number of benzene rings is 2. The van der Waals surface area contributed by atoms with Crippen molar-refractivity contribution < 1.29 is 32.2 Å². The Balaban J connectivity index is 1.46. The van der Waals surface area contributed by atoms with Crippen LogP contribution in [0.15, 0.2) is 47.4 Å². The fraction of sp³-hybridized carbons (Fsp3) is 0.217. The van der Waals surface area contributed by atoms with Gasteiger partial charge < -0.3 is 24.5 Å². The van der Waals surface area contributed by atoms with Crippen molar-refractivity contribution in [3.05, 3.63) is 65.0 Å². The van der Waals surface area contributed by atoms with Crippen molar-refractivity contribution in [1.82, 2.24) is 4.98 Å². The fourth-order valence-electron chi connectivity index (χ4n) is 3.61. The van der Waals surface area contributed by atoms with Crippen molar-refractivity contribution in [3.63, 3.8) is 0 Å². The van der Waals surface area contributed by atoms with E-state index in [1.165, 1.54) is 31.4 Å². The zero-order chi connectivity index (χ0) is 24.5. The molecule has 1 aromatic heterocycles. The molecule has 0 spiro atoms. The Morgan fingerprint density at radius 1 is 0.971 bits per heavy atom. The lowest BCUT2D eigenvalue weighted by Gasteiger charge is -2.19. The summed E-state index contributed by atoms with van der Waals surface area (Å²) in [6.07, 6.45) is 0.